The average Bonchev–Trinajstić information content (AvgIpc) is 2.58. The fourth-order valence-corrected chi connectivity index (χ4v) is 5.42. The van der Waals surface area contributed by atoms with Gasteiger partial charge in [-0.25, -0.2) is 8.42 Å². The summed E-state index contributed by atoms with van der Waals surface area (Å²) in [5, 5.41) is 2.61. The number of carbonyl (C=O) groups excluding carboxylic acids is 2. The van der Waals surface area contributed by atoms with E-state index in [1.807, 2.05) is 0 Å². The molecule has 3 rings (SSSR count). The van der Waals surface area contributed by atoms with Gasteiger partial charge in [0.25, 0.3) is 0 Å². The lowest BCUT2D eigenvalue weighted by molar-refractivity contribution is -0.165. The minimum atomic E-state index is -3.83. The summed E-state index contributed by atoms with van der Waals surface area (Å²) < 4.78 is 32.9. The Morgan fingerprint density at radius 1 is 1.16 bits per heavy atom. The van der Waals surface area contributed by atoms with Gasteiger partial charge in [0.1, 0.15) is 12.1 Å². The van der Waals surface area contributed by atoms with Crippen molar-refractivity contribution in [2.75, 3.05) is 18.5 Å². The Balaban J connectivity index is 1.94. The highest BCUT2D eigenvalue weighted by molar-refractivity contribution is 7.89. The molecule has 0 unspecified atom stereocenters. The molecule has 1 aliphatic heterocycles. The number of cyclic esters (lactones) is 1. The third-order valence-corrected chi connectivity index (χ3v) is 6.81. The van der Waals surface area contributed by atoms with Crippen molar-refractivity contribution in [1.29, 1.82) is 0 Å². The molecule has 1 heterocycles. The smallest absolute Gasteiger partial charge is 0.327 e. The third kappa shape index (κ3) is 3.28. The molecule has 0 atom stereocenters. The van der Waals surface area contributed by atoms with Crippen LogP contribution in [-0.4, -0.2) is 43.3 Å². The van der Waals surface area contributed by atoms with Crippen molar-refractivity contribution in [2.45, 2.75) is 49.5 Å². The number of ether oxygens (including phenoxy) is 1. The SMILES string of the molecule is CC(=O)Nc1ccc(S(=O)(=O)N2CCOC(=O)C23CCCCC3)cc1. The van der Waals surface area contributed by atoms with E-state index in [0.29, 0.717) is 18.5 Å². The number of amides is 1. The van der Waals surface area contributed by atoms with Gasteiger partial charge in [-0.05, 0) is 37.1 Å². The van der Waals surface area contributed by atoms with E-state index >= 15 is 0 Å². The molecule has 1 aromatic carbocycles. The van der Waals surface area contributed by atoms with Crippen LogP contribution in [0.2, 0.25) is 0 Å². The quantitative estimate of drug-likeness (QED) is 0.825. The van der Waals surface area contributed by atoms with Crippen LogP contribution < -0.4 is 5.32 Å². The van der Waals surface area contributed by atoms with E-state index in [2.05, 4.69) is 5.32 Å². The minimum Gasteiger partial charge on any atom is -0.463 e. The minimum absolute atomic E-state index is 0.0732. The van der Waals surface area contributed by atoms with Crippen molar-refractivity contribution in [3.05, 3.63) is 24.3 Å². The number of benzene rings is 1. The fraction of sp³-hybridized carbons (Fsp3) is 0.529. The number of esters is 1. The highest BCUT2D eigenvalue weighted by atomic mass is 32.2. The zero-order valence-corrected chi connectivity index (χ0v) is 15.0. The lowest BCUT2D eigenvalue weighted by atomic mass is 9.81. The van der Waals surface area contributed by atoms with E-state index in [-0.39, 0.29) is 24.0 Å². The van der Waals surface area contributed by atoms with Crippen LogP contribution in [0.25, 0.3) is 0 Å². The maximum absolute atomic E-state index is 13.2. The Morgan fingerprint density at radius 3 is 2.40 bits per heavy atom. The summed E-state index contributed by atoms with van der Waals surface area (Å²) in [7, 11) is -3.83. The standard InChI is InChI=1S/C17H22N2O5S/c1-13(20)18-14-5-7-15(8-6-14)25(22,23)19-11-12-24-16(21)17(19)9-3-2-4-10-17/h5-8H,2-4,9-12H2,1H3,(H,18,20). The van der Waals surface area contributed by atoms with Gasteiger partial charge < -0.3 is 10.1 Å². The summed E-state index contributed by atoms with van der Waals surface area (Å²) in [4.78, 5) is 23.7. The summed E-state index contributed by atoms with van der Waals surface area (Å²) in [5.41, 5.74) is -0.553. The number of nitrogens with one attached hydrogen (secondary N) is 1. The number of morpholine rings is 1. The second kappa shape index (κ2) is 6.76. The van der Waals surface area contributed by atoms with Crippen molar-refractivity contribution < 1.29 is 22.7 Å². The lowest BCUT2D eigenvalue weighted by Gasteiger charge is -2.45. The number of hydrogen-bond acceptors (Lipinski definition) is 5. The number of hydrogen-bond donors (Lipinski definition) is 1. The molecule has 0 bridgehead atoms. The van der Waals surface area contributed by atoms with E-state index in [4.69, 9.17) is 4.74 Å². The Morgan fingerprint density at radius 2 is 1.80 bits per heavy atom. The van der Waals surface area contributed by atoms with E-state index in [9.17, 15) is 18.0 Å². The lowest BCUT2D eigenvalue weighted by Crippen LogP contribution is -2.62. The maximum atomic E-state index is 13.2. The zero-order chi connectivity index (χ0) is 18.1. The fourth-order valence-electron chi connectivity index (χ4n) is 3.65. The first-order valence-corrected chi connectivity index (χ1v) is 9.88. The van der Waals surface area contributed by atoms with Gasteiger partial charge in [-0.15, -0.1) is 0 Å². The van der Waals surface area contributed by atoms with Crippen molar-refractivity contribution >= 4 is 27.6 Å². The van der Waals surface area contributed by atoms with Crippen molar-refractivity contribution in [2.24, 2.45) is 0 Å². The molecule has 1 N–H and O–H groups in total. The van der Waals surface area contributed by atoms with E-state index in [1.165, 1.54) is 23.4 Å². The molecular formula is C17H22N2O5S. The van der Waals surface area contributed by atoms with Gasteiger partial charge in [0.15, 0.2) is 0 Å². The third-order valence-electron chi connectivity index (χ3n) is 4.83. The second-order valence-corrected chi connectivity index (χ2v) is 8.37. The molecule has 25 heavy (non-hydrogen) atoms. The van der Waals surface area contributed by atoms with E-state index in [1.54, 1.807) is 12.1 Å². The van der Waals surface area contributed by atoms with Gasteiger partial charge in [-0.3, -0.25) is 9.59 Å². The Kier molecular flexibility index (Phi) is 4.83. The molecule has 1 aliphatic carbocycles. The van der Waals surface area contributed by atoms with Crippen LogP contribution in [-0.2, 0) is 24.3 Å². The van der Waals surface area contributed by atoms with Crippen molar-refractivity contribution in [3.63, 3.8) is 0 Å². The number of sulfonamides is 1. The van der Waals surface area contributed by atoms with Gasteiger partial charge in [-0.1, -0.05) is 19.3 Å². The molecule has 8 heteroatoms. The van der Waals surface area contributed by atoms with Gasteiger partial charge in [0, 0.05) is 19.2 Å². The predicted octanol–water partition coefficient (Wildman–Crippen LogP) is 1.90. The molecule has 1 spiro atoms. The van der Waals surface area contributed by atoms with E-state index in [0.717, 1.165) is 19.3 Å². The van der Waals surface area contributed by atoms with Gasteiger partial charge >= 0.3 is 5.97 Å². The van der Waals surface area contributed by atoms with Crippen molar-refractivity contribution in [3.8, 4) is 0 Å². The van der Waals surface area contributed by atoms with Crippen LogP contribution in [0.15, 0.2) is 29.2 Å². The van der Waals surface area contributed by atoms with Gasteiger partial charge in [0.05, 0.1) is 4.90 Å². The van der Waals surface area contributed by atoms with Crippen LogP contribution in [0.4, 0.5) is 5.69 Å². The molecule has 2 aliphatic rings. The first-order valence-electron chi connectivity index (χ1n) is 8.44. The van der Waals surface area contributed by atoms with Crippen LogP contribution >= 0.6 is 0 Å². The second-order valence-electron chi connectivity index (χ2n) is 6.51. The summed E-state index contributed by atoms with van der Waals surface area (Å²) in [5.74, 6) is -0.660. The predicted molar refractivity (Wildman–Crippen MR) is 91.4 cm³/mol. The molecule has 1 saturated heterocycles. The summed E-state index contributed by atoms with van der Waals surface area (Å²) >= 11 is 0. The molecule has 1 aromatic rings. The van der Waals surface area contributed by atoms with E-state index < -0.39 is 21.5 Å². The first kappa shape index (κ1) is 17.9. The van der Waals surface area contributed by atoms with Crippen LogP contribution in [0, 0.1) is 0 Å². The molecular weight excluding hydrogens is 344 g/mol. The Labute approximate surface area is 147 Å². The average molecular weight is 366 g/mol. The number of rotatable bonds is 3. The van der Waals surface area contributed by atoms with Crippen molar-refractivity contribution in [1.82, 2.24) is 4.31 Å². The molecule has 0 aromatic heterocycles. The number of nitrogens with zero attached hydrogens (tertiary/aromatic N) is 1. The molecule has 1 saturated carbocycles. The number of carbonyl (C=O) groups is 2. The zero-order valence-electron chi connectivity index (χ0n) is 14.2. The van der Waals surface area contributed by atoms with Crippen LogP contribution in [0.5, 0.6) is 0 Å². The molecule has 7 nitrogen and oxygen atoms in total. The monoisotopic (exact) mass is 366 g/mol. The molecule has 136 valence electrons. The number of anilines is 1. The normalized spacial score (nSPS) is 20.9. The van der Waals surface area contributed by atoms with Gasteiger partial charge in [0.2, 0.25) is 15.9 Å². The highest BCUT2D eigenvalue weighted by Gasteiger charge is 2.53. The Bertz CT molecular complexity index is 767. The topological polar surface area (TPSA) is 92.8 Å². The highest BCUT2D eigenvalue weighted by Crippen LogP contribution is 2.40. The Hall–Kier alpha value is -1.93. The summed E-state index contributed by atoms with van der Waals surface area (Å²) in [6.45, 7) is 1.63. The largest absolute Gasteiger partial charge is 0.463 e. The van der Waals surface area contributed by atoms with Gasteiger partial charge in [-0.2, -0.15) is 4.31 Å². The summed E-state index contributed by atoms with van der Waals surface area (Å²) in [6, 6.07) is 6.00. The first-order chi connectivity index (χ1) is 11.9. The molecule has 1 amide bonds. The van der Waals surface area contributed by atoms with Crippen LogP contribution in [0.1, 0.15) is 39.0 Å². The van der Waals surface area contributed by atoms with Crippen LogP contribution in [0.3, 0.4) is 0 Å². The summed E-state index contributed by atoms with van der Waals surface area (Å²) in [6.07, 6.45) is 3.60. The molecule has 0 radical (unpaired) electrons. The molecule has 2 fully saturated rings. The maximum Gasteiger partial charge on any atom is 0.327 e.